The van der Waals surface area contributed by atoms with E-state index in [1.165, 1.54) is 11.1 Å². The summed E-state index contributed by atoms with van der Waals surface area (Å²) in [5.41, 5.74) is 4.18. The summed E-state index contributed by atoms with van der Waals surface area (Å²) in [6.07, 6.45) is 2.33. The Labute approximate surface area is 168 Å². The summed E-state index contributed by atoms with van der Waals surface area (Å²) in [5.74, 6) is 1.25. The SMILES string of the molecule is O=C(N[C@H]1C=C2CCN3Cc4cc5c(cc4[C@@H](C23)[C@@H]1O)OCO5)c1ccccc1. The van der Waals surface area contributed by atoms with Crippen molar-refractivity contribution < 1.29 is 19.4 Å². The second-order valence-electron chi connectivity index (χ2n) is 8.19. The Morgan fingerprint density at radius 2 is 1.93 bits per heavy atom. The van der Waals surface area contributed by atoms with Gasteiger partial charge in [-0.05, 0) is 41.8 Å². The smallest absolute Gasteiger partial charge is 0.251 e. The minimum absolute atomic E-state index is 0.100. The van der Waals surface area contributed by atoms with Gasteiger partial charge in [0.05, 0.1) is 12.1 Å². The second kappa shape index (κ2) is 6.34. The predicted molar refractivity (Wildman–Crippen MR) is 106 cm³/mol. The van der Waals surface area contributed by atoms with Gasteiger partial charge >= 0.3 is 0 Å². The third-order valence-electron chi connectivity index (χ3n) is 6.63. The normalized spacial score (nSPS) is 29.1. The van der Waals surface area contributed by atoms with Crippen molar-refractivity contribution in [3.8, 4) is 11.5 Å². The standard InChI is InChI=1S/C23H22N2O4/c26-22-17(24-23(27)13-4-2-1-3-5-13)8-14-6-7-25-11-15-9-18-19(29-12-28-18)10-16(15)20(22)21(14)25/h1-5,8-10,17,20-22,26H,6-7,11-12H2,(H,24,27)/t17-,20-,21?,22+/m0/s1. The van der Waals surface area contributed by atoms with Gasteiger partial charge < -0.3 is 19.9 Å². The summed E-state index contributed by atoms with van der Waals surface area (Å²) < 4.78 is 11.2. The van der Waals surface area contributed by atoms with Crippen molar-refractivity contribution in [3.05, 3.63) is 70.8 Å². The molecule has 1 fully saturated rings. The van der Waals surface area contributed by atoms with E-state index < -0.39 is 12.1 Å². The molecule has 1 amide bonds. The number of hydrogen-bond donors (Lipinski definition) is 2. The number of aliphatic hydroxyl groups excluding tert-OH is 1. The van der Waals surface area contributed by atoms with Gasteiger partial charge in [-0.1, -0.05) is 29.8 Å². The first-order valence-electron chi connectivity index (χ1n) is 10.1. The molecular weight excluding hydrogens is 368 g/mol. The highest BCUT2D eigenvalue weighted by atomic mass is 16.7. The molecule has 6 nitrogen and oxygen atoms in total. The molecule has 2 N–H and O–H groups in total. The number of aliphatic hydroxyl groups is 1. The number of carbonyl (C=O) groups is 1. The maximum atomic E-state index is 12.7. The van der Waals surface area contributed by atoms with Crippen LogP contribution in [-0.2, 0) is 6.54 Å². The van der Waals surface area contributed by atoms with Crippen LogP contribution >= 0.6 is 0 Å². The van der Waals surface area contributed by atoms with Crippen LogP contribution in [0.3, 0.4) is 0 Å². The Hall–Kier alpha value is -2.83. The molecule has 3 heterocycles. The zero-order valence-corrected chi connectivity index (χ0v) is 15.9. The Morgan fingerprint density at radius 3 is 2.76 bits per heavy atom. The quantitative estimate of drug-likeness (QED) is 0.770. The van der Waals surface area contributed by atoms with E-state index in [0.29, 0.717) is 5.56 Å². The summed E-state index contributed by atoms with van der Waals surface area (Å²) in [6.45, 7) is 2.05. The fraction of sp³-hybridized carbons (Fsp3) is 0.348. The van der Waals surface area contributed by atoms with Crippen LogP contribution in [0.5, 0.6) is 11.5 Å². The number of rotatable bonds is 2. The second-order valence-corrected chi connectivity index (χ2v) is 8.19. The highest BCUT2D eigenvalue weighted by Gasteiger charge is 2.49. The zero-order chi connectivity index (χ0) is 19.5. The molecule has 29 heavy (non-hydrogen) atoms. The molecule has 3 aliphatic heterocycles. The highest BCUT2D eigenvalue weighted by Crippen LogP contribution is 2.49. The van der Waals surface area contributed by atoms with E-state index in [0.717, 1.165) is 36.6 Å². The van der Waals surface area contributed by atoms with Gasteiger partial charge in [-0.3, -0.25) is 9.69 Å². The summed E-state index contributed by atoms with van der Waals surface area (Å²) in [7, 11) is 0. The van der Waals surface area contributed by atoms with Gasteiger partial charge in [0.25, 0.3) is 5.91 Å². The monoisotopic (exact) mass is 390 g/mol. The number of ether oxygens (including phenoxy) is 2. The molecule has 4 atom stereocenters. The van der Waals surface area contributed by atoms with Crippen molar-refractivity contribution in [3.63, 3.8) is 0 Å². The van der Waals surface area contributed by atoms with Crippen LogP contribution in [0.2, 0.25) is 0 Å². The fourth-order valence-electron chi connectivity index (χ4n) is 5.32. The van der Waals surface area contributed by atoms with Crippen molar-refractivity contribution in [1.82, 2.24) is 10.2 Å². The van der Waals surface area contributed by atoms with Crippen molar-refractivity contribution >= 4 is 5.91 Å². The molecule has 148 valence electrons. The third-order valence-corrected chi connectivity index (χ3v) is 6.63. The van der Waals surface area contributed by atoms with Gasteiger partial charge in [-0.15, -0.1) is 0 Å². The van der Waals surface area contributed by atoms with E-state index in [2.05, 4.69) is 22.4 Å². The highest BCUT2D eigenvalue weighted by molar-refractivity contribution is 5.94. The van der Waals surface area contributed by atoms with Crippen molar-refractivity contribution in [2.24, 2.45) is 0 Å². The zero-order valence-electron chi connectivity index (χ0n) is 15.9. The Bertz CT molecular complexity index is 1020. The largest absolute Gasteiger partial charge is 0.454 e. The summed E-state index contributed by atoms with van der Waals surface area (Å²) >= 11 is 0. The molecule has 2 aromatic carbocycles. The predicted octanol–water partition coefficient (Wildman–Crippen LogP) is 2.19. The van der Waals surface area contributed by atoms with Crippen molar-refractivity contribution in [2.45, 2.75) is 37.1 Å². The van der Waals surface area contributed by atoms with E-state index >= 15 is 0 Å². The lowest BCUT2D eigenvalue weighted by Crippen LogP contribution is -2.54. The molecular formula is C23H22N2O4. The molecule has 0 aromatic heterocycles. The minimum atomic E-state index is -0.712. The van der Waals surface area contributed by atoms with Gasteiger partial charge in [0.2, 0.25) is 6.79 Å². The maximum absolute atomic E-state index is 12.7. The minimum Gasteiger partial charge on any atom is -0.454 e. The molecule has 6 rings (SSSR count). The van der Waals surface area contributed by atoms with Gasteiger partial charge in [0.15, 0.2) is 11.5 Å². The maximum Gasteiger partial charge on any atom is 0.251 e. The van der Waals surface area contributed by atoms with Crippen LogP contribution < -0.4 is 14.8 Å². The molecule has 0 spiro atoms. The van der Waals surface area contributed by atoms with Crippen molar-refractivity contribution in [1.29, 1.82) is 0 Å². The van der Waals surface area contributed by atoms with Crippen LogP contribution in [0, 0.1) is 0 Å². The van der Waals surface area contributed by atoms with Crippen LogP contribution in [0.4, 0.5) is 0 Å². The Kier molecular flexibility index (Phi) is 3.73. The molecule has 1 saturated heterocycles. The lowest BCUT2D eigenvalue weighted by Gasteiger charge is -2.45. The van der Waals surface area contributed by atoms with Gasteiger partial charge in [0.1, 0.15) is 0 Å². The van der Waals surface area contributed by atoms with Crippen LogP contribution in [-0.4, -0.2) is 47.4 Å². The lowest BCUT2D eigenvalue weighted by molar-refractivity contribution is 0.0571. The molecule has 0 bridgehead atoms. The van der Waals surface area contributed by atoms with Gasteiger partial charge in [0, 0.05) is 30.6 Å². The molecule has 4 aliphatic rings. The number of nitrogens with zero attached hydrogens (tertiary/aromatic N) is 1. The van der Waals surface area contributed by atoms with E-state index in [-0.39, 0.29) is 24.7 Å². The summed E-state index contributed by atoms with van der Waals surface area (Å²) in [4.78, 5) is 15.2. The van der Waals surface area contributed by atoms with Crippen molar-refractivity contribution in [2.75, 3.05) is 13.3 Å². The molecule has 1 aliphatic carbocycles. The number of amides is 1. The Balaban J connectivity index is 1.37. The fourth-order valence-corrected chi connectivity index (χ4v) is 5.32. The average Bonchev–Trinajstić information content (AvgIpc) is 3.36. The summed E-state index contributed by atoms with van der Waals surface area (Å²) in [5, 5.41) is 14.4. The molecule has 0 radical (unpaired) electrons. The van der Waals surface area contributed by atoms with Gasteiger partial charge in [-0.2, -0.15) is 0 Å². The van der Waals surface area contributed by atoms with Gasteiger partial charge in [-0.25, -0.2) is 0 Å². The summed E-state index contributed by atoms with van der Waals surface area (Å²) in [6, 6.07) is 13.0. The van der Waals surface area contributed by atoms with Crippen LogP contribution in [0.1, 0.15) is 33.8 Å². The lowest BCUT2D eigenvalue weighted by atomic mass is 9.72. The van der Waals surface area contributed by atoms with Crippen LogP contribution in [0.15, 0.2) is 54.1 Å². The third kappa shape index (κ3) is 2.59. The number of fused-ring (bicyclic) bond motifs is 3. The molecule has 0 saturated carbocycles. The first-order chi connectivity index (χ1) is 14.2. The van der Waals surface area contributed by atoms with E-state index in [4.69, 9.17) is 9.47 Å². The first-order valence-corrected chi connectivity index (χ1v) is 10.1. The van der Waals surface area contributed by atoms with E-state index in [1.807, 2.05) is 24.3 Å². The number of nitrogens with one attached hydrogen (secondary N) is 1. The Morgan fingerprint density at radius 1 is 1.14 bits per heavy atom. The number of carbonyl (C=O) groups excluding carboxylic acids is 1. The first kappa shape index (κ1) is 17.1. The average molecular weight is 390 g/mol. The van der Waals surface area contributed by atoms with E-state index in [9.17, 15) is 9.90 Å². The molecule has 6 heteroatoms. The van der Waals surface area contributed by atoms with Crippen LogP contribution in [0.25, 0.3) is 0 Å². The topological polar surface area (TPSA) is 71.0 Å². The van der Waals surface area contributed by atoms with E-state index in [1.54, 1.807) is 12.1 Å². The number of benzene rings is 2. The molecule has 1 unspecified atom stereocenters. The number of hydrogen-bond acceptors (Lipinski definition) is 5. The molecule has 2 aromatic rings.